The number of carbonyl (C=O) groups is 2. The van der Waals surface area contributed by atoms with Crippen molar-refractivity contribution in [3.8, 4) is 0 Å². The molecule has 0 aromatic carbocycles. The predicted molar refractivity (Wildman–Crippen MR) is 83.5 cm³/mol. The summed E-state index contributed by atoms with van der Waals surface area (Å²) in [6, 6.07) is 0. The molecular formula is C18H24O5. The number of hydrogen-bond acceptors (Lipinski definition) is 5. The first-order chi connectivity index (χ1) is 11.1. The summed E-state index contributed by atoms with van der Waals surface area (Å²) in [6.07, 6.45) is 9.24. The lowest BCUT2D eigenvalue weighted by Crippen LogP contribution is -2.61. The van der Waals surface area contributed by atoms with Crippen LogP contribution in [0.25, 0.3) is 0 Å². The van der Waals surface area contributed by atoms with Crippen LogP contribution in [0.4, 0.5) is 0 Å². The van der Waals surface area contributed by atoms with Crippen LogP contribution in [-0.2, 0) is 23.8 Å². The van der Waals surface area contributed by atoms with E-state index in [2.05, 4.69) is 6.08 Å². The number of rotatable bonds is 4. The minimum absolute atomic E-state index is 0.0807. The Morgan fingerprint density at radius 1 is 1.22 bits per heavy atom. The van der Waals surface area contributed by atoms with Gasteiger partial charge < -0.3 is 14.2 Å². The Kier molecular flexibility index (Phi) is 4.43. The lowest BCUT2D eigenvalue weighted by Gasteiger charge is -2.50. The third-order valence-electron chi connectivity index (χ3n) is 5.59. The maximum absolute atomic E-state index is 13.0. The van der Waals surface area contributed by atoms with Crippen molar-refractivity contribution in [3.05, 3.63) is 23.3 Å². The molecule has 1 saturated carbocycles. The Morgan fingerprint density at radius 2 is 1.96 bits per heavy atom. The van der Waals surface area contributed by atoms with Crippen LogP contribution in [-0.4, -0.2) is 38.9 Å². The Labute approximate surface area is 136 Å². The number of ketones is 1. The van der Waals surface area contributed by atoms with E-state index in [0.717, 1.165) is 12.8 Å². The second kappa shape index (κ2) is 6.21. The molecule has 0 unspecified atom stereocenters. The second-order valence-electron chi connectivity index (χ2n) is 6.50. The molecule has 126 valence electrons. The van der Waals surface area contributed by atoms with Crippen molar-refractivity contribution < 1.29 is 23.8 Å². The largest absolute Gasteiger partial charge is 0.466 e. The van der Waals surface area contributed by atoms with E-state index in [0.29, 0.717) is 12.0 Å². The molecule has 0 aliphatic heterocycles. The van der Waals surface area contributed by atoms with Gasteiger partial charge in [0.15, 0.2) is 5.78 Å². The summed E-state index contributed by atoms with van der Waals surface area (Å²) >= 11 is 0. The van der Waals surface area contributed by atoms with Gasteiger partial charge in [-0.2, -0.15) is 0 Å². The van der Waals surface area contributed by atoms with Gasteiger partial charge in [-0.3, -0.25) is 4.79 Å². The Morgan fingerprint density at radius 3 is 2.52 bits per heavy atom. The Hall–Kier alpha value is -1.46. The van der Waals surface area contributed by atoms with Crippen molar-refractivity contribution in [1.82, 2.24) is 0 Å². The Balaban J connectivity index is 2.03. The van der Waals surface area contributed by atoms with Gasteiger partial charge in [0.05, 0.1) is 13.0 Å². The number of methoxy groups -OCH3 is 3. The van der Waals surface area contributed by atoms with Crippen molar-refractivity contribution in [1.29, 1.82) is 0 Å². The molecular weight excluding hydrogens is 296 g/mol. The fraction of sp³-hybridized carbons (Fsp3) is 0.667. The van der Waals surface area contributed by atoms with E-state index in [9.17, 15) is 9.59 Å². The van der Waals surface area contributed by atoms with Crippen LogP contribution in [0.1, 0.15) is 32.1 Å². The predicted octanol–water partition coefficient (Wildman–Crippen LogP) is 2.41. The molecule has 2 bridgehead atoms. The lowest BCUT2D eigenvalue weighted by molar-refractivity contribution is -0.241. The van der Waals surface area contributed by atoms with Crippen LogP contribution < -0.4 is 0 Å². The molecule has 4 aliphatic carbocycles. The molecule has 0 heterocycles. The second-order valence-corrected chi connectivity index (χ2v) is 6.50. The van der Waals surface area contributed by atoms with Crippen LogP contribution in [0.3, 0.4) is 0 Å². The molecule has 5 nitrogen and oxygen atoms in total. The van der Waals surface area contributed by atoms with Crippen molar-refractivity contribution in [2.24, 2.45) is 17.8 Å². The quantitative estimate of drug-likeness (QED) is 0.452. The average molecular weight is 320 g/mol. The van der Waals surface area contributed by atoms with Crippen LogP contribution >= 0.6 is 0 Å². The zero-order valence-corrected chi connectivity index (χ0v) is 14.0. The molecule has 0 amide bonds. The molecule has 0 aromatic heterocycles. The highest BCUT2D eigenvalue weighted by Crippen LogP contribution is 2.52. The fourth-order valence-corrected chi connectivity index (χ4v) is 4.45. The molecule has 4 aliphatic rings. The van der Waals surface area contributed by atoms with Crippen LogP contribution in [0.15, 0.2) is 23.3 Å². The molecule has 0 saturated heterocycles. The SMILES string of the molecule is COC(=O)C1=C[C@@H]2C(=O)C(OC)(OC)[C@H]1C[C@@H]2C1=CCCCC1. The van der Waals surface area contributed by atoms with Gasteiger partial charge in [-0.1, -0.05) is 17.7 Å². The number of allylic oxidation sites excluding steroid dienone is 3. The van der Waals surface area contributed by atoms with Crippen molar-refractivity contribution >= 4 is 11.8 Å². The summed E-state index contributed by atoms with van der Waals surface area (Å²) in [4.78, 5) is 25.1. The summed E-state index contributed by atoms with van der Waals surface area (Å²) in [5.74, 6) is -2.49. The van der Waals surface area contributed by atoms with Crippen molar-refractivity contribution in [2.75, 3.05) is 21.3 Å². The number of esters is 1. The normalized spacial score (nSPS) is 32.3. The van der Waals surface area contributed by atoms with E-state index < -0.39 is 17.7 Å². The number of carbonyl (C=O) groups excluding carboxylic acids is 2. The van der Waals surface area contributed by atoms with E-state index in [1.54, 1.807) is 6.08 Å². The third kappa shape index (κ3) is 2.37. The highest BCUT2D eigenvalue weighted by Gasteiger charge is 2.61. The lowest BCUT2D eigenvalue weighted by atomic mass is 9.59. The first-order valence-corrected chi connectivity index (χ1v) is 8.22. The summed E-state index contributed by atoms with van der Waals surface area (Å²) in [5.41, 5.74) is 1.86. The molecule has 5 heteroatoms. The number of fused-ring (bicyclic) bond motifs is 2. The van der Waals surface area contributed by atoms with Crippen molar-refractivity contribution in [2.45, 2.75) is 37.9 Å². The molecule has 0 spiro atoms. The Bertz CT molecular complexity index is 570. The number of ether oxygens (including phenoxy) is 3. The topological polar surface area (TPSA) is 61.8 Å². The fourth-order valence-electron chi connectivity index (χ4n) is 4.45. The highest BCUT2D eigenvalue weighted by atomic mass is 16.7. The summed E-state index contributed by atoms with van der Waals surface area (Å²) in [7, 11) is 4.29. The molecule has 0 aromatic rings. The maximum Gasteiger partial charge on any atom is 0.333 e. The van der Waals surface area contributed by atoms with E-state index in [-0.39, 0.29) is 17.6 Å². The van der Waals surface area contributed by atoms with Gasteiger partial charge in [0, 0.05) is 25.7 Å². The van der Waals surface area contributed by atoms with Crippen LogP contribution in [0, 0.1) is 17.8 Å². The first-order valence-electron chi connectivity index (χ1n) is 8.22. The summed E-state index contributed by atoms with van der Waals surface area (Å²) in [5, 5.41) is 0. The molecule has 0 N–H and O–H groups in total. The zero-order valence-electron chi connectivity index (χ0n) is 14.0. The maximum atomic E-state index is 13.0. The van der Waals surface area contributed by atoms with Crippen molar-refractivity contribution in [3.63, 3.8) is 0 Å². The average Bonchev–Trinajstić information content (AvgIpc) is 2.62. The zero-order chi connectivity index (χ0) is 16.6. The van der Waals surface area contributed by atoms with Gasteiger partial charge in [0.2, 0.25) is 5.79 Å². The van der Waals surface area contributed by atoms with Gasteiger partial charge in [-0.05, 0) is 38.0 Å². The van der Waals surface area contributed by atoms with Crippen LogP contribution in [0.5, 0.6) is 0 Å². The van der Waals surface area contributed by atoms with Crippen LogP contribution in [0.2, 0.25) is 0 Å². The number of hydrogen-bond donors (Lipinski definition) is 0. The molecule has 4 rings (SSSR count). The van der Waals surface area contributed by atoms with Gasteiger partial charge in [0.25, 0.3) is 0 Å². The van der Waals surface area contributed by atoms with E-state index >= 15 is 0 Å². The third-order valence-corrected chi connectivity index (χ3v) is 5.59. The van der Waals surface area contributed by atoms with E-state index in [1.807, 2.05) is 0 Å². The molecule has 0 radical (unpaired) electrons. The summed E-state index contributed by atoms with van der Waals surface area (Å²) < 4.78 is 15.9. The standard InChI is InChI=1S/C18H24O5/c1-21-17(20)14-9-13-12(11-7-5-4-6-8-11)10-15(14)18(22-2,23-3)16(13)19/h7,9,12-13,15H,4-6,8,10H2,1-3H3/t12-,13+,15+/m1/s1. The molecule has 23 heavy (non-hydrogen) atoms. The van der Waals surface area contributed by atoms with E-state index in [1.165, 1.54) is 39.7 Å². The van der Waals surface area contributed by atoms with Gasteiger partial charge in [-0.15, -0.1) is 0 Å². The minimum Gasteiger partial charge on any atom is -0.466 e. The van der Waals surface area contributed by atoms with Gasteiger partial charge in [-0.25, -0.2) is 4.79 Å². The monoisotopic (exact) mass is 320 g/mol. The molecule has 3 atom stereocenters. The van der Waals surface area contributed by atoms with Gasteiger partial charge >= 0.3 is 5.97 Å². The smallest absolute Gasteiger partial charge is 0.333 e. The number of Topliss-reactive ketones (excluding diaryl/α,β-unsaturated/α-hetero) is 1. The minimum atomic E-state index is -1.37. The highest BCUT2D eigenvalue weighted by molar-refractivity contribution is 6.00. The van der Waals surface area contributed by atoms with E-state index in [4.69, 9.17) is 14.2 Å². The van der Waals surface area contributed by atoms with Gasteiger partial charge in [0.1, 0.15) is 0 Å². The summed E-state index contributed by atoms with van der Waals surface area (Å²) in [6.45, 7) is 0. The molecule has 1 fully saturated rings. The first kappa shape index (κ1) is 16.4.